The van der Waals surface area contributed by atoms with Gasteiger partial charge in [-0.25, -0.2) is 0 Å². The van der Waals surface area contributed by atoms with E-state index in [9.17, 15) is 0 Å². The third-order valence-corrected chi connectivity index (χ3v) is 3.58. The molecule has 2 rings (SSSR count). The number of nitrogens with zero attached hydrogens (tertiary/aromatic N) is 1. The Morgan fingerprint density at radius 3 is 2.40 bits per heavy atom. The summed E-state index contributed by atoms with van der Waals surface area (Å²) in [5.74, 6) is 0. The van der Waals surface area contributed by atoms with Gasteiger partial charge in [-0.05, 0) is 24.6 Å². The van der Waals surface area contributed by atoms with E-state index in [1.807, 2.05) is 0 Å². The maximum atomic E-state index is 3.47. The number of nitrogens with one attached hydrogen (secondary N) is 1. The maximum Gasteiger partial charge on any atom is 0.0320 e. The van der Waals surface area contributed by atoms with E-state index >= 15 is 0 Å². The molecule has 1 fully saturated rings. The molecule has 0 aliphatic carbocycles. The number of benzene rings is 1. The quantitative estimate of drug-likeness (QED) is 0.887. The van der Waals surface area contributed by atoms with Gasteiger partial charge in [0.05, 0.1) is 0 Å². The molecule has 15 heavy (non-hydrogen) atoms. The van der Waals surface area contributed by atoms with Crippen LogP contribution in [0.5, 0.6) is 0 Å². The Bertz CT molecular complexity index is 304. The number of piperazine rings is 1. The summed E-state index contributed by atoms with van der Waals surface area (Å²) < 4.78 is 1.15. The lowest BCUT2D eigenvalue weighted by Crippen LogP contribution is -2.44. The van der Waals surface area contributed by atoms with Crippen LogP contribution in [0, 0.1) is 0 Å². The van der Waals surface area contributed by atoms with Gasteiger partial charge in [0.25, 0.3) is 0 Å². The van der Waals surface area contributed by atoms with Gasteiger partial charge in [-0.1, -0.05) is 28.1 Å². The fourth-order valence-corrected chi connectivity index (χ4v) is 2.29. The Hall–Kier alpha value is -0.380. The summed E-state index contributed by atoms with van der Waals surface area (Å²) in [5, 5.41) is 3.38. The third-order valence-electron chi connectivity index (χ3n) is 3.05. The van der Waals surface area contributed by atoms with Crippen LogP contribution < -0.4 is 5.32 Å². The van der Waals surface area contributed by atoms with Gasteiger partial charge in [0.2, 0.25) is 0 Å². The van der Waals surface area contributed by atoms with Crippen molar-refractivity contribution >= 4 is 15.9 Å². The zero-order valence-corrected chi connectivity index (χ0v) is 10.6. The van der Waals surface area contributed by atoms with Gasteiger partial charge in [-0.15, -0.1) is 0 Å². The van der Waals surface area contributed by atoms with Crippen LogP contribution in [-0.4, -0.2) is 31.1 Å². The molecule has 1 aliphatic rings. The molecular formula is C12H17BrN2. The summed E-state index contributed by atoms with van der Waals surface area (Å²) in [7, 11) is 0. The van der Waals surface area contributed by atoms with Gasteiger partial charge in [0.15, 0.2) is 0 Å². The molecule has 0 radical (unpaired) electrons. The van der Waals surface area contributed by atoms with Crippen LogP contribution >= 0.6 is 15.9 Å². The molecule has 2 nitrogen and oxygen atoms in total. The van der Waals surface area contributed by atoms with Crippen LogP contribution in [0.15, 0.2) is 28.7 Å². The highest BCUT2D eigenvalue weighted by Crippen LogP contribution is 2.22. The summed E-state index contributed by atoms with van der Waals surface area (Å²) in [5.41, 5.74) is 1.40. The fraction of sp³-hybridized carbons (Fsp3) is 0.500. The van der Waals surface area contributed by atoms with Gasteiger partial charge < -0.3 is 5.32 Å². The van der Waals surface area contributed by atoms with E-state index in [0.29, 0.717) is 6.04 Å². The van der Waals surface area contributed by atoms with Crippen molar-refractivity contribution in [3.8, 4) is 0 Å². The molecule has 1 N–H and O–H groups in total. The lowest BCUT2D eigenvalue weighted by molar-refractivity contribution is 0.185. The molecular weight excluding hydrogens is 252 g/mol. The molecule has 1 saturated heterocycles. The molecule has 1 atom stereocenters. The molecule has 0 aromatic heterocycles. The molecule has 0 saturated carbocycles. The van der Waals surface area contributed by atoms with Crippen LogP contribution in [-0.2, 0) is 0 Å². The van der Waals surface area contributed by atoms with Crippen molar-refractivity contribution in [2.45, 2.75) is 13.0 Å². The number of hydrogen-bond acceptors (Lipinski definition) is 2. The van der Waals surface area contributed by atoms with E-state index in [-0.39, 0.29) is 0 Å². The predicted molar refractivity (Wildman–Crippen MR) is 67.0 cm³/mol. The van der Waals surface area contributed by atoms with E-state index in [2.05, 4.69) is 57.3 Å². The standard InChI is InChI=1S/C12H17BrN2/c1-10(15-8-6-14-7-9-15)11-2-4-12(13)5-3-11/h2-5,10,14H,6-9H2,1H3/t10-/m0/s1. The Balaban J connectivity index is 2.05. The highest BCUT2D eigenvalue weighted by atomic mass is 79.9. The van der Waals surface area contributed by atoms with Gasteiger partial charge in [-0.2, -0.15) is 0 Å². The second-order valence-electron chi connectivity index (χ2n) is 4.01. The van der Waals surface area contributed by atoms with Crippen molar-refractivity contribution in [1.29, 1.82) is 0 Å². The van der Waals surface area contributed by atoms with E-state index in [0.717, 1.165) is 30.7 Å². The lowest BCUT2D eigenvalue weighted by Gasteiger charge is -2.33. The summed E-state index contributed by atoms with van der Waals surface area (Å²) >= 11 is 3.47. The average Bonchev–Trinajstić information content (AvgIpc) is 2.30. The zero-order chi connectivity index (χ0) is 10.7. The van der Waals surface area contributed by atoms with E-state index < -0.39 is 0 Å². The fourth-order valence-electron chi connectivity index (χ4n) is 2.02. The van der Waals surface area contributed by atoms with Crippen molar-refractivity contribution in [2.75, 3.05) is 26.2 Å². The SMILES string of the molecule is C[C@@H](c1ccc(Br)cc1)N1CCNCC1. The first-order chi connectivity index (χ1) is 7.27. The van der Waals surface area contributed by atoms with Gasteiger partial charge in [0, 0.05) is 36.7 Å². The van der Waals surface area contributed by atoms with Crippen LogP contribution in [0.25, 0.3) is 0 Å². The van der Waals surface area contributed by atoms with Gasteiger partial charge in [0.1, 0.15) is 0 Å². The van der Waals surface area contributed by atoms with Crippen LogP contribution in [0.2, 0.25) is 0 Å². The topological polar surface area (TPSA) is 15.3 Å². The summed E-state index contributed by atoms with van der Waals surface area (Å²) in [6.45, 7) is 6.81. The number of hydrogen-bond donors (Lipinski definition) is 1. The molecule has 3 heteroatoms. The second-order valence-corrected chi connectivity index (χ2v) is 4.93. The van der Waals surface area contributed by atoms with E-state index in [4.69, 9.17) is 0 Å². The van der Waals surface area contributed by atoms with Crippen LogP contribution in [0.1, 0.15) is 18.5 Å². The number of rotatable bonds is 2. The van der Waals surface area contributed by atoms with Gasteiger partial charge in [-0.3, -0.25) is 4.90 Å². The summed E-state index contributed by atoms with van der Waals surface area (Å²) in [6.07, 6.45) is 0. The van der Waals surface area contributed by atoms with Gasteiger partial charge >= 0.3 is 0 Å². The Kier molecular flexibility index (Phi) is 3.78. The van der Waals surface area contributed by atoms with Crippen LogP contribution in [0.4, 0.5) is 0 Å². The van der Waals surface area contributed by atoms with Crippen molar-refractivity contribution < 1.29 is 0 Å². The van der Waals surface area contributed by atoms with Crippen LogP contribution in [0.3, 0.4) is 0 Å². The van der Waals surface area contributed by atoms with Crippen molar-refractivity contribution in [1.82, 2.24) is 10.2 Å². The first-order valence-corrected chi connectivity index (χ1v) is 6.27. The van der Waals surface area contributed by atoms with Crippen molar-refractivity contribution in [2.24, 2.45) is 0 Å². The predicted octanol–water partition coefficient (Wildman–Crippen LogP) is 2.42. The normalized spacial score (nSPS) is 20.1. The molecule has 1 aliphatic heterocycles. The molecule has 0 unspecified atom stereocenters. The number of halogens is 1. The molecule has 0 bridgehead atoms. The molecule has 1 aromatic carbocycles. The minimum atomic E-state index is 0.528. The second kappa shape index (κ2) is 5.10. The highest BCUT2D eigenvalue weighted by molar-refractivity contribution is 9.10. The largest absolute Gasteiger partial charge is 0.314 e. The average molecular weight is 269 g/mol. The highest BCUT2D eigenvalue weighted by Gasteiger charge is 2.17. The molecule has 1 heterocycles. The molecule has 82 valence electrons. The van der Waals surface area contributed by atoms with Crippen molar-refractivity contribution in [3.63, 3.8) is 0 Å². The van der Waals surface area contributed by atoms with E-state index in [1.54, 1.807) is 0 Å². The maximum absolute atomic E-state index is 3.47. The first kappa shape index (κ1) is 11.1. The summed E-state index contributed by atoms with van der Waals surface area (Å²) in [4.78, 5) is 2.53. The van der Waals surface area contributed by atoms with E-state index in [1.165, 1.54) is 5.56 Å². The smallest absolute Gasteiger partial charge is 0.0320 e. The molecule has 1 aromatic rings. The Morgan fingerprint density at radius 1 is 1.20 bits per heavy atom. The Labute approximate surface area is 99.8 Å². The Morgan fingerprint density at radius 2 is 1.80 bits per heavy atom. The third kappa shape index (κ3) is 2.80. The lowest BCUT2D eigenvalue weighted by atomic mass is 10.1. The monoisotopic (exact) mass is 268 g/mol. The minimum Gasteiger partial charge on any atom is -0.314 e. The van der Waals surface area contributed by atoms with Crippen molar-refractivity contribution in [3.05, 3.63) is 34.3 Å². The molecule has 0 amide bonds. The zero-order valence-electron chi connectivity index (χ0n) is 9.04. The minimum absolute atomic E-state index is 0.528. The first-order valence-electron chi connectivity index (χ1n) is 5.47. The molecule has 0 spiro atoms. The summed E-state index contributed by atoms with van der Waals surface area (Å²) in [6, 6.07) is 9.18.